The maximum absolute atomic E-state index is 13.5. The number of hydrogen-bond acceptors (Lipinski definition) is 2. The number of amides is 1. The first-order valence-electron chi connectivity index (χ1n) is 5.27. The molecule has 2 aromatic rings. The fourth-order valence-electron chi connectivity index (χ4n) is 1.66. The molecule has 0 spiro atoms. The normalized spacial score (nSPS) is 10.4. The van der Waals surface area contributed by atoms with Crippen LogP contribution in [0.1, 0.15) is 21.7 Å². The van der Waals surface area contributed by atoms with E-state index in [1.54, 1.807) is 19.9 Å². The summed E-state index contributed by atoms with van der Waals surface area (Å²) in [5, 5.41) is 9.18. The van der Waals surface area contributed by atoms with Crippen molar-refractivity contribution in [1.82, 2.24) is 10.2 Å². The lowest BCUT2D eigenvalue weighted by atomic mass is 10.2. The second-order valence-electron chi connectivity index (χ2n) is 3.89. The largest absolute Gasteiger partial charge is 0.319 e. The van der Waals surface area contributed by atoms with Gasteiger partial charge in [0.25, 0.3) is 5.91 Å². The zero-order valence-electron chi connectivity index (χ0n) is 9.84. The van der Waals surface area contributed by atoms with Crippen LogP contribution in [0.4, 0.5) is 10.1 Å². The van der Waals surface area contributed by atoms with Gasteiger partial charge in [0, 0.05) is 10.2 Å². The molecule has 0 aliphatic rings. The van der Waals surface area contributed by atoms with Gasteiger partial charge < -0.3 is 5.32 Å². The Hall–Kier alpha value is -1.69. The van der Waals surface area contributed by atoms with E-state index in [-0.39, 0.29) is 11.6 Å². The third kappa shape index (κ3) is 2.43. The molecule has 0 aliphatic heterocycles. The first-order chi connectivity index (χ1) is 8.49. The number of H-pyrrole nitrogens is 1. The first-order valence-corrected chi connectivity index (χ1v) is 6.06. The van der Waals surface area contributed by atoms with Crippen molar-refractivity contribution in [2.45, 2.75) is 13.8 Å². The molecule has 94 valence electrons. The second-order valence-corrected chi connectivity index (χ2v) is 4.80. The maximum atomic E-state index is 13.5. The van der Waals surface area contributed by atoms with Gasteiger partial charge in [0.1, 0.15) is 5.82 Å². The van der Waals surface area contributed by atoms with Gasteiger partial charge in [0.2, 0.25) is 0 Å². The third-order valence-corrected chi connectivity index (χ3v) is 3.03. The molecular weight excluding hydrogens is 301 g/mol. The van der Waals surface area contributed by atoms with Crippen molar-refractivity contribution < 1.29 is 9.18 Å². The number of carbonyl (C=O) groups excluding carboxylic acids is 1. The molecule has 0 unspecified atom stereocenters. The Bertz CT molecular complexity index is 590. The Morgan fingerprint density at radius 3 is 2.78 bits per heavy atom. The molecule has 0 atom stereocenters. The van der Waals surface area contributed by atoms with Crippen molar-refractivity contribution in [3.63, 3.8) is 0 Å². The average molecular weight is 312 g/mol. The molecule has 6 heteroatoms. The number of carbonyl (C=O) groups is 1. The predicted octanol–water partition coefficient (Wildman–Crippen LogP) is 3.18. The maximum Gasteiger partial charge on any atom is 0.259 e. The monoisotopic (exact) mass is 311 g/mol. The van der Waals surface area contributed by atoms with Crippen LogP contribution >= 0.6 is 15.9 Å². The molecule has 1 amide bonds. The summed E-state index contributed by atoms with van der Waals surface area (Å²) >= 11 is 3.23. The molecule has 4 nitrogen and oxygen atoms in total. The van der Waals surface area contributed by atoms with E-state index in [2.05, 4.69) is 31.4 Å². The van der Waals surface area contributed by atoms with Crippen LogP contribution < -0.4 is 5.32 Å². The van der Waals surface area contributed by atoms with Crippen LogP contribution in [0.15, 0.2) is 22.7 Å². The Balaban J connectivity index is 2.30. The molecule has 2 rings (SSSR count). The van der Waals surface area contributed by atoms with Crippen LogP contribution in [-0.2, 0) is 0 Å². The van der Waals surface area contributed by atoms with E-state index in [0.717, 1.165) is 0 Å². The Morgan fingerprint density at radius 1 is 1.44 bits per heavy atom. The van der Waals surface area contributed by atoms with Crippen LogP contribution in [0.25, 0.3) is 0 Å². The van der Waals surface area contributed by atoms with Gasteiger partial charge >= 0.3 is 0 Å². The van der Waals surface area contributed by atoms with Gasteiger partial charge in [-0.2, -0.15) is 5.10 Å². The molecule has 1 aromatic carbocycles. The van der Waals surface area contributed by atoms with Gasteiger partial charge in [0.15, 0.2) is 0 Å². The van der Waals surface area contributed by atoms with E-state index in [1.165, 1.54) is 12.1 Å². The van der Waals surface area contributed by atoms with Crippen LogP contribution in [0, 0.1) is 19.7 Å². The fourth-order valence-corrected chi connectivity index (χ4v) is 2.02. The van der Waals surface area contributed by atoms with Crippen molar-refractivity contribution in [3.05, 3.63) is 45.4 Å². The smallest absolute Gasteiger partial charge is 0.259 e. The number of anilines is 1. The number of hydrogen-bond donors (Lipinski definition) is 2. The molecule has 0 saturated carbocycles. The molecule has 0 radical (unpaired) electrons. The number of halogens is 2. The van der Waals surface area contributed by atoms with Crippen LogP contribution in [0.5, 0.6) is 0 Å². The van der Waals surface area contributed by atoms with Crippen molar-refractivity contribution >= 4 is 27.5 Å². The highest BCUT2D eigenvalue weighted by molar-refractivity contribution is 9.10. The summed E-state index contributed by atoms with van der Waals surface area (Å²) < 4.78 is 14.2. The third-order valence-electron chi connectivity index (χ3n) is 2.53. The quantitative estimate of drug-likeness (QED) is 0.895. The average Bonchev–Trinajstić information content (AvgIpc) is 2.63. The highest BCUT2D eigenvalue weighted by Crippen LogP contribution is 2.21. The molecule has 0 fully saturated rings. The van der Waals surface area contributed by atoms with E-state index in [4.69, 9.17) is 0 Å². The fraction of sp³-hybridized carbons (Fsp3) is 0.167. The summed E-state index contributed by atoms with van der Waals surface area (Å²) in [6.45, 7) is 3.46. The number of aromatic amines is 1. The minimum absolute atomic E-state index is 0.134. The van der Waals surface area contributed by atoms with Gasteiger partial charge in [-0.1, -0.05) is 15.9 Å². The van der Waals surface area contributed by atoms with Crippen molar-refractivity contribution in [1.29, 1.82) is 0 Å². The van der Waals surface area contributed by atoms with Crippen LogP contribution in [0.2, 0.25) is 0 Å². The van der Waals surface area contributed by atoms with Crippen molar-refractivity contribution in [3.8, 4) is 0 Å². The van der Waals surface area contributed by atoms with E-state index in [9.17, 15) is 9.18 Å². The highest BCUT2D eigenvalue weighted by Gasteiger charge is 2.16. The summed E-state index contributed by atoms with van der Waals surface area (Å²) in [6.07, 6.45) is 0. The summed E-state index contributed by atoms with van der Waals surface area (Å²) in [5.41, 5.74) is 1.81. The minimum atomic E-state index is -0.481. The van der Waals surface area contributed by atoms with Crippen LogP contribution in [-0.4, -0.2) is 16.1 Å². The van der Waals surface area contributed by atoms with Gasteiger partial charge in [-0.3, -0.25) is 9.89 Å². The molecule has 1 aromatic heterocycles. The summed E-state index contributed by atoms with van der Waals surface area (Å²) in [5.74, 6) is -0.860. The van der Waals surface area contributed by atoms with E-state index < -0.39 is 5.82 Å². The molecule has 0 saturated heterocycles. The number of aryl methyl sites for hydroxylation is 2. The topological polar surface area (TPSA) is 57.8 Å². The summed E-state index contributed by atoms with van der Waals surface area (Å²) in [6, 6.07) is 4.37. The molecule has 0 aliphatic carbocycles. The Morgan fingerprint density at radius 2 is 2.17 bits per heavy atom. The predicted molar refractivity (Wildman–Crippen MR) is 70.1 cm³/mol. The second kappa shape index (κ2) is 4.89. The number of nitrogens with one attached hydrogen (secondary N) is 2. The Labute approximate surface area is 112 Å². The van der Waals surface area contributed by atoms with E-state index in [0.29, 0.717) is 21.4 Å². The standard InChI is InChI=1S/C12H11BrFN3O/c1-6-11(7(2)17-16-6)12(18)15-10-5-8(13)3-4-9(10)14/h3-5H,1-2H3,(H,15,18)(H,16,17). The minimum Gasteiger partial charge on any atom is -0.319 e. The lowest BCUT2D eigenvalue weighted by Gasteiger charge is -2.07. The number of rotatable bonds is 2. The first kappa shape index (κ1) is 12.8. The highest BCUT2D eigenvalue weighted by atomic mass is 79.9. The zero-order chi connectivity index (χ0) is 13.3. The molecule has 18 heavy (non-hydrogen) atoms. The van der Waals surface area contributed by atoms with Gasteiger partial charge in [-0.25, -0.2) is 4.39 Å². The summed E-state index contributed by atoms with van der Waals surface area (Å²) in [7, 11) is 0. The zero-order valence-corrected chi connectivity index (χ0v) is 11.4. The van der Waals surface area contributed by atoms with Crippen molar-refractivity contribution in [2.75, 3.05) is 5.32 Å². The van der Waals surface area contributed by atoms with E-state index in [1.807, 2.05) is 0 Å². The van der Waals surface area contributed by atoms with Gasteiger partial charge in [-0.05, 0) is 32.0 Å². The van der Waals surface area contributed by atoms with Gasteiger partial charge in [-0.15, -0.1) is 0 Å². The lowest BCUT2D eigenvalue weighted by molar-refractivity contribution is 0.102. The van der Waals surface area contributed by atoms with Gasteiger partial charge in [0.05, 0.1) is 16.9 Å². The SMILES string of the molecule is Cc1n[nH]c(C)c1C(=O)Nc1cc(Br)ccc1F. The number of nitrogens with zero attached hydrogens (tertiary/aromatic N) is 1. The van der Waals surface area contributed by atoms with Crippen LogP contribution in [0.3, 0.4) is 0 Å². The van der Waals surface area contributed by atoms with E-state index >= 15 is 0 Å². The lowest BCUT2D eigenvalue weighted by Crippen LogP contribution is -2.14. The number of aromatic nitrogens is 2. The molecule has 1 heterocycles. The molecular formula is C12H11BrFN3O. The Kier molecular flexibility index (Phi) is 3.47. The van der Waals surface area contributed by atoms with Crippen molar-refractivity contribution in [2.24, 2.45) is 0 Å². The summed E-state index contributed by atoms with van der Waals surface area (Å²) in [4.78, 5) is 12.0. The number of benzene rings is 1. The molecule has 0 bridgehead atoms. The molecule has 2 N–H and O–H groups in total.